The third-order valence-corrected chi connectivity index (χ3v) is 6.48. The molecule has 3 aromatic rings. The first-order valence-electron chi connectivity index (χ1n) is 10.1. The first-order chi connectivity index (χ1) is 15.7. The fraction of sp³-hybridized carbons (Fsp3) is 0.167. The van der Waals surface area contributed by atoms with Gasteiger partial charge >= 0.3 is 5.97 Å². The Labute approximate surface area is 191 Å². The van der Waals surface area contributed by atoms with Gasteiger partial charge in [-0.05, 0) is 74.5 Å². The molecule has 0 fully saturated rings. The van der Waals surface area contributed by atoms with Crippen molar-refractivity contribution in [1.29, 1.82) is 0 Å². The lowest BCUT2D eigenvalue weighted by Crippen LogP contribution is -2.38. The van der Waals surface area contributed by atoms with Gasteiger partial charge in [0, 0.05) is 5.69 Å². The molecule has 33 heavy (non-hydrogen) atoms. The van der Waals surface area contributed by atoms with E-state index in [0.717, 1.165) is 34.1 Å². The van der Waals surface area contributed by atoms with Crippen LogP contribution in [-0.4, -0.2) is 33.4 Å². The van der Waals surface area contributed by atoms with E-state index < -0.39 is 34.3 Å². The van der Waals surface area contributed by atoms with Crippen LogP contribution in [0.3, 0.4) is 0 Å². The molecule has 0 radical (unpaired) electrons. The molecule has 0 heterocycles. The van der Waals surface area contributed by atoms with Crippen molar-refractivity contribution >= 4 is 33.3 Å². The van der Waals surface area contributed by atoms with Crippen LogP contribution in [0.1, 0.15) is 22.8 Å². The Morgan fingerprint density at radius 3 is 2.12 bits per heavy atom. The van der Waals surface area contributed by atoms with Gasteiger partial charge in [0.2, 0.25) is 5.91 Å². The van der Waals surface area contributed by atoms with Crippen molar-refractivity contribution in [2.75, 3.05) is 22.8 Å². The summed E-state index contributed by atoms with van der Waals surface area (Å²) in [6, 6.07) is 17.1. The molecule has 0 spiro atoms. The molecule has 3 rings (SSSR count). The standard InChI is InChI=1S/C24H23FN2O5S/c1-3-32-24(29)18-6-10-20(11-7-18)26-23(28)16-27(21-12-4-17(2)5-13-21)33(30,31)22-14-8-19(25)9-15-22/h4-15H,3,16H2,1-2H3,(H,26,28). The van der Waals surface area contributed by atoms with Gasteiger partial charge in [-0.1, -0.05) is 17.7 Å². The minimum Gasteiger partial charge on any atom is -0.462 e. The number of rotatable bonds is 8. The van der Waals surface area contributed by atoms with Crippen LogP contribution in [0.15, 0.2) is 77.7 Å². The van der Waals surface area contributed by atoms with Crippen LogP contribution in [0.5, 0.6) is 0 Å². The summed E-state index contributed by atoms with van der Waals surface area (Å²) in [6.45, 7) is 3.29. The van der Waals surface area contributed by atoms with E-state index in [1.807, 2.05) is 6.92 Å². The first kappa shape index (κ1) is 23.9. The highest BCUT2D eigenvalue weighted by Gasteiger charge is 2.27. The summed E-state index contributed by atoms with van der Waals surface area (Å²) >= 11 is 0. The highest BCUT2D eigenvalue weighted by Crippen LogP contribution is 2.24. The number of sulfonamides is 1. The minimum atomic E-state index is -4.15. The summed E-state index contributed by atoms with van der Waals surface area (Å²) in [5, 5.41) is 2.63. The summed E-state index contributed by atoms with van der Waals surface area (Å²) in [5.74, 6) is -1.64. The summed E-state index contributed by atoms with van der Waals surface area (Å²) in [6.07, 6.45) is 0. The van der Waals surface area contributed by atoms with Crippen LogP contribution in [0.4, 0.5) is 15.8 Å². The number of anilines is 2. The number of halogens is 1. The fourth-order valence-corrected chi connectivity index (χ4v) is 4.42. The zero-order chi connectivity index (χ0) is 24.0. The van der Waals surface area contributed by atoms with Crippen molar-refractivity contribution in [1.82, 2.24) is 0 Å². The molecule has 0 unspecified atom stereocenters. The number of ether oxygens (including phenoxy) is 1. The van der Waals surface area contributed by atoms with Crippen LogP contribution in [0, 0.1) is 12.7 Å². The molecule has 0 aliphatic carbocycles. The molecule has 0 saturated heterocycles. The highest BCUT2D eigenvalue weighted by molar-refractivity contribution is 7.92. The average Bonchev–Trinajstić information content (AvgIpc) is 2.79. The maximum Gasteiger partial charge on any atom is 0.338 e. The molecule has 0 aliphatic rings. The SMILES string of the molecule is CCOC(=O)c1ccc(NC(=O)CN(c2ccc(C)cc2)S(=O)(=O)c2ccc(F)cc2)cc1. The maximum absolute atomic E-state index is 13.3. The number of benzene rings is 3. The predicted molar refractivity (Wildman–Crippen MR) is 123 cm³/mol. The first-order valence-corrected chi connectivity index (χ1v) is 11.6. The molecular formula is C24H23FN2O5S. The predicted octanol–water partition coefficient (Wildman–Crippen LogP) is 4.14. The van der Waals surface area contributed by atoms with E-state index in [1.165, 1.54) is 24.3 Å². The Bertz CT molecular complexity index is 1230. The van der Waals surface area contributed by atoms with E-state index >= 15 is 0 Å². The monoisotopic (exact) mass is 470 g/mol. The molecule has 0 bridgehead atoms. The van der Waals surface area contributed by atoms with E-state index in [9.17, 15) is 22.4 Å². The lowest BCUT2D eigenvalue weighted by atomic mass is 10.2. The molecule has 0 aliphatic heterocycles. The van der Waals surface area contributed by atoms with E-state index in [4.69, 9.17) is 4.74 Å². The zero-order valence-electron chi connectivity index (χ0n) is 18.1. The van der Waals surface area contributed by atoms with Gasteiger partial charge in [0.05, 0.1) is 22.8 Å². The minimum absolute atomic E-state index is 0.143. The van der Waals surface area contributed by atoms with Gasteiger partial charge in [-0.2, -0.15) is 0 Å². The second kappa shape index (κ2) is 10.3. The van der Waals surface area contributed by atoms with Crippen molar-refractivity contribution < 1.29 is 27.1 Å². The highest BCUT2D eigenvalue weighted by atomic mass is 32.2. The molecule has 9 heteroatoms. The lowest BCUT2D eigenvalue weighted by Gasteiger charge is -2.24. The Morgan fingerprint density at radius 1 is 0.939 bits per heavy atom. The number of nitrogens with zero attached hydrogens (tertiary/aromatic N) is 1. The van der Waals surface area contributed by atoms with Crippen LogP contribution in [-0.2, 0) is 19.6 Å². The van der Waals surface area contributed by atoms with Gasteiger partial charge < -0.3 is 10.1 Å². The summed E-state index contributed by atoms with van der Waals surface area (Å²) in [4.78, 5) is 24.4. The summed E-state index contributed by atoms with van der Waals surface area (Å²) in [5.41, 5.74) is 1.92. The van der Waals surface area contributed by atoms with Gasteiger partial charge in [0.15, 0.2) is 0 Å². The zero-order valence-corrected chi connectivity index (χ0v) is 18.9. The van der Waals surface area contributed by atoms with Gasteiger partial charge in [-0.15, -0.1) is 0 Å². The van der Waals surface area contributed by atoms with E-state index in [-0.39, 0.29) is 17.2 Å². The van der Waals surface area contributed by atoms with Gasteiger partial charge in [0.1, 0.15) is 12.4 Å². The van der Waals surface area contributed by atoms with Crippen molar-refractivity contribution in [2.45, 2.75) is 18.7 Å². The normalized spacial score (nSPS) is 11.0. The second-order valence-electron chi connectivity index (χ2n) is 7.15. The number of aryl methyl sites for hydroxylation is 1. The molecule has 172 valence electrons. The van der Waals surface area contributed by atoms with Crippen molar-refractivity contribution in [3.05, 3.63) is 89.7 Å². The van der Waals surface area contributed by atoms with Gasteiger partial charge in [-0.25, -0.2) is 17.6 Å². The molecule has 1 N–H and O–H groups in total. The number of carbonyl (C=O) groups excluding carboxylic acids is 2. The Kier molecular flexibility index (Phi) is 7.44. The third-order valence-electron chi connectivity index (χ3n) is 4.69. The molecule has 1 amide bonds. The quantitative estimate of drug-likeness (QED) is 0.500. The lowest BCUT2D eigenvalue weighted by molar-refractivity contribution is -0.114. The van der Waals surface area contributed by atoms with E-state index in [2.05, 4.69) is 5.32 Å². The van der Waals surface area contributed by atoms with Crippen LogP contribution in [0.2, 0.25) is 0 Å². The topological polar surface area (TPSA) is 92.8 Å². The Hall–Kier alpha value is -3.72. The number of nitrogens with one attached hydrogen (secondary N) is 1. The number of esters is 1. The molecule has 0 aromatic heterocycles. The molecule has 0 atom stereocenters. The van der Waals surface area contributed by atoms with E-state index in [0.29, 0.717) is 11.3 Å². The van der Waals surface area contributed by atoms with E-state index in [1.54, 1.807) is 31.2 Å². The van der Waals surface area contributed by atoms with Crippen LogP contribution >= 0.6 is 0 Å². The smallest absolute Gasteiger partial charge is 0.338 e. The summed E-state index contributed by atoms with van der Waals surface area (Å²) < 4.78 is 45.7. The van der Waals surface area contributed by atoms with Gasteiger partial charge in [0.25, 0.3) is 10.0 Å². The number of carbonyl (C=O) groups is 2. The van der Waals surface area contributed by atoms with Crippen LogP contribution in [0.25, 0.3) is 0 Å². The fourth-order valence-electron chi connectivity index (χ4n) is 2.99. The van der Waals surface area contributed by atoms with Crippen molar-refractivity contribution in [2.24, 2.45) is 0 Å². The molecule has 0 saturated carbocycles. The number of hydrogen-bond acceptors (Lipinski definition) is 5. The van der Waals surface area contributed by atoms with Crippen LogP contribution < -0.4 is 9.62 Å². The second-order valence-corrected chi connectivity index (χ2v) is 9.01. The number of hydrogen-bond donors (Lipinski definition) is 1. The third kappa shape index (κ3) is 5.95. The maximum atomic E-state index is 13.3. The Balaban J connectivity index is 1.84. The summed E-state index contributed by atoms with van der Waals surface area (Å²) in [7, 11) is -4.15. The number of amides is 1. The Morgan fingerprint density at radius 2 is 1.55 bits per heavy atom. The molecule has 7 nitrogen and oxygen atoms in total. The van der Waals surface area contributed by atoms with Crippen molar-refractivity contribution in [3.8, 4) is 0 Å². The molecular weight excluding hydrogens is 447 g/mol. The average molecular weight is 471 g/mol. The van der Waals surface area contributed by atoms with Gasteiger partial charge in [-0.3, -0.25) is 9.10 Å². The molecule has 3 aromatic carbocycles. The van der Waals surface area contributed by atoms with Crippen molar-refractivity contribution in [3.63, 3.8) is 0 Å². The largest absolute Gasteiger partial charge is 0.462 e.